The molecule has 0 aliphatic carbocycles. The van der Waals surface area contributed by atoms with Gasteiger partial charge in [0.05, 0.1) is 24.7 Å². The third-order valence-corrected chi connectivity index (χ3v) is 6.65. The van der Waals surface area contributed by atoms with Crippen LogP contribution in [0.1, 0.15) is 45.7 Å². The molecule has 0 fully saturated rings. The standard InChI is InChI=1S/C25H26ClN5O2S/c1-17-23(18(2)31(30-17)15-3-14-27)12-13-24(32)28-29-25(33)20-6-4-19(5-7-20)16-34-22-10-8-21(26)9-11-22/h4-11H,3,12-13,15-16H2,1-2H3,(H,28,32)(H,29,33). The van der Waals surface area contributed by atoms with Crippen LogP contribution in [0.3, 0.4) is 0 Å². The number of carbonyl (C=O) groups excluding carboxylic acids is 2. The lowest BCUT2D eigenvalue weighted by molar-refractivity contribution is -0.121. The van der Waals surface area contributed by atoms with Crippen LogP contribution in [0.15, 0.2) is 53.4 Å². The van der Waals surface area contributed by atoms with Gasteiger partial charge in [-0.15, -0.1) is 11.8 Å². The zero-order chi connectivity index (χ0) is 24.5. The molecular formula is C25H26ClN5O2S. The molecule has 0 radical (unpaired) electrons. The average Bonchev–Trinajstić information content (AvgIpc) is 3.11. The zero-order valence-electron chi connectivity index (χ0n) is 19.1. The molecule has 0 saturated carbocycles. The number of aryl methyl sites for hydroxylation is 2. The number of rotatable bonds is 9. The van der Waals surface area contributed by atoms with E-state index in [0.717, 1.165) is 33.2 Å². The smallest absolute Gasteiger partial charge is 0.269 e. The summed E-state index contributed by atoms with van der Waals surface area (Å²) in [6.07, 6.45) is 1.11. The Kier molecular flexibility index (Phi) is 9.14. The highest BCUT2D eigenvalue weighted by atomic mass is 35.5. The normalized spacial score (nSPS) is 10.5. The maximum Gasteiger partial charge on any atom is 0.269 e. The van der Waals surface area contributed by atoms with Crippen molar-refractivity contribution in [1.29, 1.82) is 5.26 Å². The molecule has 0 bridgehead atoms. The molecule has 2 amide bonds. The van der Waals surface area contributed by atoms with Crippen LogP contribution in [0.2, 0.25) is 5.02 Å². The van der Waals surface area contributed by atoms with Crippen molar-refractivity contribution >= 4 is 35.2 Å². The van der Waals surface area contributed by atoms with E-state index in [1.54, 1.807) is 28.6 Å². The van der Waals surface area contributed by atoms with E-state index >= 15 is 0 Å². The molecule has 7 nitrogen and oxygen atoms in total. The Morgan fingerprint density at radius 2 is 1.79 bits per heavy atom. The van der Waals surface area contributed by atoms with Crippen LogP contribution in [-0.4, -0.2) is 21.6 Å². The van der Waals surface area contributed by atoms with Gasteiger partial charge in [0.15, 0.2) is 0 Å². The molecular weight excluding hydrogens is 470 g/mol. The van der Waals surface area contributed by atoms with Crippen LogP contribution < -0.4 is 10.9 Å². The lowest BCUT2D eigenvalue weighted by Crippen LogP contribution is -2.41. The summed E-state index contributed by atoms with van der Waals surface area (Å²) in [6.45, 7) is 4.36. The van der Waals surface area contributed by atoms with E-state index in [4.69, 9.17) is 16.9 Å². The third kappa shape index (κ3) is 7.11. The van der Waals surface area contributed by atoms with Gasteiger partial charge in [0.1, 0.15) is 0 Å². The van der Waals surface area contributed by atoms with Gasteiger partial charge in [-0.25, -0.2) is 0 Å². The lowest BCUT2D eigenvalue weighted by atomic mass is 10.1. The highest BCUT2D eigenvalue weighted by Gasteiger charge is 2.14. The van der Waals surface area contributed by atoms with Gasteiger partial charge >= 0.3 is 0 Å². The Balaban J connectivity index is 1.44. The monoisotopic (exact) mass is 495 g/mol. The number of nitrogens with zero attached hydrogens (tertiary/aromatic N) is 3. The number of halogens is 1. The molecule has 0 spiro atoms. The number of thioether (sulfide) groups is 1. The molecule has 1 aromatic heterocycles. The Labute approximate surface area is 208 Å². The van der Waals surface area contributed by atoms with Crippen LogP contribution >= 0.6 is 23.4 Å². The second-order valence-corrected chi connectivity index (χ2v) is 9.21. The summed E-state index contributed by atoms with van der Waals surface area (Å²) in [4.78, 5) is 25.7. The van der Waals surface area contributed by atoms with E-state index in [1.807, 2.05) is 50.2 Å². The van der Waals surface area contributed by atoms with Crippen molar-refractivity contribution in [3.63, 3.8) is 0 Å². The molecule has 0 aliphatic heterocycles. The first-order valence-electron chi connectivity index (χ1n) is 10.8. The molecule has 2 aromatic carbocycles. The minimum absolute atomic E-state index is 0.215. The highest BCUT2D eigenvalue weighted by molar-refractivity contribution is 7.98. The number of nitriles is 1. The zero-order valence-corrected chi connectivity index (χ0v) is 20.7. The fraction of sp³-hybridized carbons (Fsp3) is 0.280. The van der Waals surface area contributed by atoms with Crippen molar-refractivity contribution in [2.24, 2.45) is 0 Å². The highest BCUT2D eigenvalue weighted by Crippen LogP contribution is 2.24. The van der Waals surface area contributed by atoms with Crippen molar-refractivity contribution in [1.82, 2.24) is 20.6 Å². The van der Waals surface area contributed by atoms with Crippen LogP contribution in [0, 0.1) is 25.2 Å². The first-order chi connectivity index (χ1) is 16.4. The number of nitrogens with one attached hydrogen (secondary N) is 2. The second-order valence-electron chi connectivity index (χ2n) is 7.72. The number of hydrogen-bond donors (Lipinski definition) is 2. The molecule has 0 unspecified atom stereocenters. The van der Waals surface area contributed by atoms with Gasteiger partial charge in [-0.1, -0.05) is 23.7 Å². The van der Waals surface area contributed by atoms with Gasteiger partial charge < -0.3 is 0 Å². The van der Waals surface area contributed by atoms with Crippen molar-refractivity contribution in [2.75, 3.05) is 0 Å². The largest absolute Gasteiger partial charge is 0.273 e. The molecule has 0 aliphatic rings. The van der Waals surface area contributed by atoms with Crippen molar-refractivity contribution in [3.05, 3.63) is 81.6 Å². The number of hydrogen-bond acceptors (Lipinski definition) is 5. The molecule has 34 heavy (non-hydrogen) atoms. The predicted octanol–water partition coefficient (Wildman–Crippen LogP) is 4.75. The molecule has 2 N–H and O–H groups in total. The van der Waals surface area contributed by atoms with Crippen LogP contribution in [0.25, 0.3) is 0 Å². The Hall–Kier alpha value is -3.28. The van der Waals surface area contributed by atoms with Gasteiger partial charge in [-0.05, 0) is 67.8 Å². The van der Waals surface area contributed by atoms with Crippen LogP contribution in [0.4, 0.5) is 0 Å². The SMILES string of the molecule is Cc1nn(CCC#N)c(C)c1CCC(=O)NNC(=O)c1ccc(CSc2ccc(Cl)cc2)cc1. The van der Waals surface area contributed by atoms with Gasteiger partial charge in [0.2, 0.25) is 5.91 Å². The molecule has 3 aromatic rings. The Morgan fingerprint density at radius 3 is 2.47 bits per heavy atom. The van der Waals surface area contributed by atoms with Gasteiger partial charge in [-0.2, -0.15) is 10.4 Å². The van der Waals surface area contributed by atoms with E-state index in [2.05, 4.69) is 22.0 Å². The fourth-order valence-corrected chi connectivity index (χ4v) is 4.40. The van der Waals surface area contributed by atoms with Crippen LogP contribution in [0.5, 0.6) is 0 Å². The first-order valence-corrected chi connectivity index (χ1v) is 12.2. The van der Waals surface area contributed by atoms with E-state index in [9.17, 15) is 9.59 Å². The van der Waals surface area contributed by atoms with E-state index in [0.29, 0.717) is 30.0 Å². The number of carbonyl (C=O) groups is 2. The number of benzene rings is 2. The van der Waals surface area contributed by atoms with Crippen molar-refractivity contribution < 1.29 is 9.59 Å². The van der Waals surface area contributed by atoms with Gasteiger partial charge in [-0.3, -0.25) is 25.1 Å². The summed E-state index contributed by atoms with van der Waals surface area (Å²) in [7, 11) is 0. The average molecular weight is 496 g/mol. The van der Waals surface area contributed by atoms with E-state index in [-0.39, 0.29) is 18.2 Å². The minimum atomic E-state index is -0.373. The lowest BCUT2D eigenvalue weighted by Gasteiger charge is -2.09. The summed E-state index contributed by atoms with van der Waals surface area (Å²) in [6, 6.07) is 17.0. The molecule has 0 atom stereocenters. The van der Waals surface area contributed by atoms with E-state index in [1.165, 1.54) is 0 Å². The minimum Gasteiger partial charge on any atom is -0.273 e. The van der Waals surface area contributed by atoms with Crippen molar-refractivity contribution in [3.8, 4) is 6.07 Å². The maximum atomic E-state index is 12.4. The summed E-state index contributed by atoms with van der Waals surface area (Å²) in [5.41, 5.74) is 9.29. The first kappa shape index (κ1) is 25.3. The fourth-order valence-electron chi connectivity index (χ4n) is 3.42. The number of aromatic nitrogens is 2. The molecule has 0 saturated heterocycles. The quantitative estimate of drug-likeness (QED) is 0.329. The van der Waals surface area contributed by atoms with Crippen molar-refractivity contribution in [2.45, 2.75) is 50.3 Å². The Morgan fingerprint density at radius 1 is 1.09 bits per heavy atom. The summed E-state index contributed by atoms with van der Waals surface area (Å²) < 4.78 is 1.80. The molecule has 3 rings (SSSR count). The van der Waals surface area contributed by atoms with Gasteiger partial charge in [0, 0.05) is 33.3 Å². The molecule has 1 heterocycles. The topological polar surface area (TPSA) is 99.8 Å². The Bertz CT molecular complexity index is 1180. The third-order valence-electron chi connectivity index (χ3n) is 5.32. The van der Waals surface area contributed by atoms with E-state index < -0.39 is 0 Å². The van der Waals surface area contributed by atoms with Gasteiger partial charge in [0.25, 0.3) is 5.91 Å². The second kappa shape index (κ2) is 12.3. The number of amides is 2. The predicted molar refractivity (Wildman–Crippen MR) is 133 cm³/mol. The molecule has 176 valence electrons. The number of hydrazine groups is 1. The molecule has 9 heteroatoms. The summed E-state index contributed by atoms with van der Waals surface area (Å²) in [5.74, 6) is 0.112. The van der Waals surface area contributed by atoms with Crippen LogP contribution in [-0.2, 0) is 23.5 Å². The summed E-state index contributed by atoms with van der Waals surface area (Å²) in [5, 5.41) is 13.9. The summed E-state index contributed by atoms with van der Waals surface area (Å²) >= 11 is 7.59. The maximum absolute atomic E-state index is 12.4.